The fraction of sp³-hybridized carbons (Fsp3) is 0.500. The SMILES string of the molecule is CCC(C)N(CC(=O)O)c1cncc(C(=O)OC)n1. The highest BCUT2D eigenvalue weighted by molar-refractivity contribution is 5.87. The van der Waals surface area contributed by atoms with Crippen molar-refractivity contribution in [3.8, 4) is 0 Å². The number of anilines is 1. The van der Waals surface area contributed by atoms with Crippen molar-refractivity contribution in [2.45, 2.75) is 26.3 Å². The number of methoxy groups -OCH3 is 1. The molecule has 0 aliphatic carbocycles. The molecule has 0 bridgehead atoms. The summed E-state index contributed by atoms with van der Waals surface area (Å²) in [5, 5.41) is 8.93. The van der Waals surface area contributed by atoms with Crippen LogP contribution in [0.3, 0.4) is 0 Å². The Balaban J connectivity index is 3.08. The fourth-order valence-electron chi connectivity index (χ4n) is 1.53. The van der Waals surface area contributed by atoms with Crippen molar-refractivity contribution in [1.82, 2.24) is 9.97 Å². The van der Waals surface area contributed by atoms with E-state index < -0.39 is 11.9 Å². The highest BCUT2D eigenvalue weighted by Gasteiger charge is 2.19. The van der Waals surface area contributed by atoms with Crippen LogP contribution >= 0.6 is 0 Å². The number of rotatable bonds is 6. The van der Waals surface area contributed by atoms with Crippen LogP contribution in [0, 0.1) is 0 Å². The minimum absolute atomic E-state index is 0.0294. The summed E-state index contributed by atoms with van der Waals surface area (Å²) in [6, 6.07) is -0.0294. The lowest BCUT2D eigenvalue weighted by Crippen LogP contribution is -2.38. The zero-order valence-corrected chi connectivity index (χ0v) is 11.2. The predicted octanol–water partition coefficient (Wildman–Crippen LogP) is 0.953. The number of hydrogen-bond acceptors (Lipinski definition) is 6. The molecule has 0 aromatic carbocycles. The molecule has 19 heavy (non-hydrogen) atoms. The van der Waals surface area contributed by atoms with E-state index in [-0.39, 0.29) is 18.3 Å². The predicted molar refractivity (Wildman–Crippen MR) is 68.1 cm³/mol. The number of ether oxygens (including phenoxy) is 1. The van der Waals surface area contributed by atoms with E-state index >= 15 is 0 Å². The molecule has 0 saturated heterocycles. The van der Waals surface area contributed by atoms with E-state index in [9.17, 15) is 9.59 Å². The second-order valence-electron chi connectivity index (χ2n) is 4.03. The molecule has 1 aromatic rings. The zero-order chi connectivity index (χ0) is 14.4. The van der Waals surface area contributed by atoms with Crippen LogP contribution in [-0.2, 0) is 9.53 Å². The molecule has 1 atom stereocenters. The van der Waals surface area contributed by atoms with Crippen molar-refractivity contribution in [1.29, 1.82) is 0 Å². The Morgan fingerprint density at radius 1 is 1.47 bits per heavy atom. The Morgan fingerprint density at radius 3 is 2.68 bits per heavy atom. The van der Waals surface area contributed by atoms with Gasteiger partial charge < -0.3 is 14.7 Å². The van der Waals surface area contributed by atoms with Crippen molar-refractivity contribution in [3.63, 3.8) is 0 Å². The number of carbonyl (C=O) groups excluding carboxylic acids is 1. The van der Waals surface area contributed by atoms with Gasteiger partial charge in [0.05, 0.1) is 19.5 Å². The van der Waals surface area contributed by atoms with Crippen LogP contribution in [0.5, 0.6) is 0 Å². The van der Waals surface area contributed by atoms with Gasteiger partial charge in [-0.3, -0.25) is 9.78 Å². The van der Waals surface area contributed by atoms with Gasteiger partial charge in [0.1, 0.15) is 12.4 Å². The van der Waals surface area contributed by atoms with Crippen LogP contribution in [0.4, 0.5) is 5.82 Å². The van der Waals surface area contributed by atoms with Gasteiger partial charge in [0.2, 0.25) is 0 Å². The number of hydrogen-bond donors (Lipinski definition) is 1. The summed E-state index contributed by atoms with van der Waals surface area (Å²) in [5.41, 5.74) is 0.0543. The molecule has 0 aliphatic rings. The minimum atomic E-state index is -0.967. The van der Waals surface area contributed by atoms with E-state index in [4.69, 9.17) is 5.11 Å². The number of aromatic nitrogens is 2. The molecule has 1 rings (SSSR count). The van der Waals surface area contributed by atoms with Crippen LogP contribution in [0.2, 0.25) is 0 Å². The Kier molecular flexibility index (Phi) is 5.23. The quantitative estimate of drug-likeness (QED) is 0.767. The Hall–Kier alpha value is -2.18. The third-order valence-corrected chi connectivity index (χ3v) is 2.74. The number of aliphatic carboxylic acids is 1. The first-order valence-electron chi connectivity index (χ1n) is 5.88. The molecule has 0 amide bonds. The van der Waals surface area contributed by atoms with Gasteiger partial charge in [-0.2, -0.15) is 0 Å². The number of carbonyl (C=O) groups is 2. The number of carboxylic acid groups (broad SMARTS) is 1. The standard InChI is InChI=1S/C12H17N3O4/c1-4-8(2)15(7-11(16)17)10-6-13-5-9(14-10)12(18)19-3/h5-6,8H,4,7H2,1-3H3,(H,16,17). The summed E-state index contributed by atoms with van der Waals surface area (Å²) in [6.07, 6.45) is 3.46. The summed E-state index contributed by atoms with van der Waals surface area (Å²) >= 11 is 0. The third-order valence-electron chi connectivity index (χ3n) is 2.74. The van der Waals surface area contributed by atoms with E-state index in [1.165, 1.54) is 19.5 Å². The molecule has 1 unspecified atom stereocenters. The molecule has 7 nitrogen and oxygen atoms in total. The topological polar surface area (TPSA) is 92.6 Å². The molecule has 0 spiro atoms. The molecular formula is C12H17N3O4. The second kappa shape index (κ2) is 6.67. The van der Waals surface area contributed by atoms with Crippen LogP contribution < -0.4 is 4.90 Å². The zero-order valence-electron chi connectivity index (χ0n) is 11.2. The molecule has 1 heterocycles. The fourth-order valence-corrected chi connectivity index (χ4v) is 1.53. The second-order valence-corrected chi connectivity index (χ2v) is 4.03. The molecule has 0 aliphatic heterocycles. The van der Waals surface area contributed by atoms with Gasteiger partial charge in [0.25, 0.3) is 0 Å². The number of nitrogens with zero attached hydrogens (tertiary/aromatic N) is 3. The monoisotopic (exact) mass is 267 g/mol. The smallest absolute Gasteiger partial charge is 0.358 e. The maximum absolute atomic E-state index is 11.4. The van der Waals surface area contributed by atoms with Crippen molar-refractivity contribution < 1.29 is 19.4 Å². The highest BCUT2D eigenvalue weighted by Crippen LogP contribution is 2.15. The van der Waals surface area contributed by atoms with Crippen molar-refractivity contribution >= 4 is 17.8 Å². The van der Waals surface area contributed by atoms with Gasteiger partial charge in [-0.25, -0.2) is 9.78 Å². The molecular weight excluding hydrogens is 250 g/mol. The van der Waals surface area contributed by atoms with Crippen molar-refractivity contribution in [2.75, 3.05) is 18.6 Å². The van der Waals surface area contributed by atoms with Gasteiger partial charge in [0, 0.05) is 6.04 Å². The maximum atomic E-state index is 11.4. The summed E-state index contributed by atoms with van der Waals surface area (Å²) in [7, 11) is 1.25. The molecule has 7 heteroatoms. The largest absolute Gasteiger partial charge is 0.480 e. The highest BCUT2D eigenvalue weighted by atomic mass is 16.5. The average molecular weight is 267 g/mol. The average Bonchev–Trinajstić information content (AvgIpc) is 2.43. The van der Waals surface area contributed by atoms with Gasteiger partial charge in [0.15, 0.2) is 5.69 Å². The van der Waals surface area contributed by atoms with E-state index in [2.05, 4.69) is 14.7 Å². The van der Waals surface area contributed by atoms with Gasteiger partial charge in [-0.1, -0.05) is 6.92 Å². The van der Waals surface area contributed by atoms with E-state index in [1.54, 1.807) is 4.90 Å². The molecule has 0 radical (unpaired) electrons. The lowest BCUT2D eigenvalue weighted by Gasteiger charge is -2.27. The summed E-state index contributed by atoms with van der Waals surface area (Å²) in [4.78, 5) is 31.9. The van der Waals surface area contributed by atoms with Crippen LogP contribution in [0.15, 0.2) is 12.4 Å². The van der Waals surface area contributed by atoms with Crippen LogP contribution in [0.1, 0.15) is 30.8 Å². The normalized spacial score (nSPS) is 11.7. The van der Waals surface area contributed by atoms with E-state index in [1.807, 2.05) is 13.8 Å². The number of carboxylic acids is 1. The van der Waals surface area contributed by atoms with Gasteiger partial charge in [-0.15, -0.1) is 0 Å². The first kappa shape index (κ1) is 14.9. The van der Waals surface area contributed by atoms with Crippen LogP contribution in [0.25, 0.3) is 0 Å². The molecule has 0 fully saturated rings. The summed E-state index contributed by atoms with van der Waals surface area (Å²) < 4.78 is 4.56. The molecule has 1 aromatic heterocycles. The Morgan fingerprint density at radius 2 is 2.16 bits per heavy atom. The molecule has 0 saturated carbocycles. The third kappa shape index (κ3) is 3.90. The maximum Gasteiger partial charge on any atom is 0.358 e. The summed E-state index contributed by atoms with van der Waals surface area (Å²) in [5.74, 6) is -1.22. The molecule has 1 N–H and O–H groups in total. The first-order chi connectivity index (χ1) is 8.99. The Labute approximate surface area is 111 Å². The molecule has 104 valence electrons. The van der Waals surface area contributed by atoms with Crippen molar-refractivity contribution in [2.24, 2.45) is 0 Å². The lowest BCUT2D eigenvalue weighted by atomic mass is 10.2. The lowest BCUT2D eigenvalue weighted by molar-refractivity contribution is -0.135. The van der Waals surface area contributed by atoms with Crippen LogP contribution in [-0.4, -0.2) is 46.7 Å². The van der Waals surface area contributed by atoms with Gasteiger partial charge in [-0.05, 0) is 13.3 Å². The van der Waals surface area contributed by atoms with Crippen molar-refractivity contribution in [3.05, 3.63) is 18.1 Å². The van der Waals surface area contributed by atoms with Gasteiger partial charge >= 0.3 is 11.9 Å². The number of esters is 1. The summed E-state index contributed by atoms with van der Waals surface area (Å²) in [6.45, 7) is 3.63. The first-order valence-corrected chi connectivity index (χ1v) is 5.88. The van der Waals surface area contributed by atoms with E-state index in [0.29, 0.717) is 5.82 Å². The minimum Gasteiger partial charge on any atom is -0.480 e. The van der Waals surface area contributed by atoms with E-state index in [0.717, 1.165) is 6.42 Å². The Bertz CT molecular complexity index is 464.